The van der Waals surface area contributed by atoms with Crippen LogP contribution in [0.25, 0.3) is 0 Å². The van der Waals surface area contributed by atoms with Crippen LogP contribution in [0.2, 0.25) is 0 Å². The van der Waals surface area contributed by atoms with E-state index in [1.807, 2.05) is 24.3 Å². The Morgan fingerprint density at radius 1 is 0.885 bits per heavy atom. The molecule has 7 heteroatoms. The van der Waals surface area contributed by atoms with Crippen LogP contribution in [0.15, 0.2) is 46.6 Å². The molecular formula is C19H17F5N2. The van der Waals surface area contributed by atoms with E-state index >= 15 is 0 Å². The van der Waals surface area contributed by atoms with E-state index in [0.29, 0.717) is 12.1 Å². The molecule has 0 atom stereocenters. The Kier molecular flexibility index (Phi) is 6.60. The minimum absolute atomic E-state index is 0.153. The second kappa shape index (κ2) is 8.69. The number of unbranched alkanes of at least 4 members (excludes halogenated alkanes) is 1. The summed E-state index contributed by atoms with van der Waals surface area (Å²) in [4.78, 5) is 0. The number of benzene rings is 2. The summed E-state index contributed by atoms with van der Waals surface area (Å²) >= 11 is 0. The summed E-state index contributed by atoms with van der Waals surface area (Å²) in [6, 6.07) is 8.80. The van der Waals surface area contributed by atoms with Gasteiger partial charge in [0.1, 0.15) is 17.2 Å². The molecule has 0 unspecified atom stereocenters. The van der Waals surface area contributed by atoms with Crippen molar-refractivity contribution < 1.29 is 22.0 Å². The summed E-state index contributed by atoms with van der Waals surface area (Å²) in [5.41, 5.74) is -0.0724. The molecule has 0 amide bonds. The largest absolute Gasteiger partial charge is 0.422 e. The van der Waals surface area contributed by atoms with E-state index in [1.54, 1.807) is 0 Å². The van der Waals surface area contributed by atoms with Crippen LogP contribution in [0.5, 0.6) is 0 Å². The summed E-state index contributed by atoms with van der Waals surface area (Å²) in [7, 11) is 0. The first-order chi connectivity index (χ1) is 12.3. The second-order valence-electron chi connectivity index (χ2n) is 5.69. The molecular weight excluding hydrogens is 351 g/mol. The Labute approximate surface area is 148 Å². The highest BCUT2D eigenvalue weighted by Gasteiger charge is 2.37. The van der Waals surface area contributed by atoms with Gasteiger partial charge >= 0.3 is 6.18 Å². The Morgan fingerprint density at radius 3 is 1.92 bits per heavy atom. The van der Waals surface area contributed by atoms with Gasteiger partial charge in [0.15, 0.2) is 0 Å². The van der Waals surface area contributed by atoms with Crippen molar-refractivity contribution in [2.75, 3.05) is 0 Å². The molecule has 0 aliphatic heterocycles. The van der Waals surface area contributed by atoms with E-state index in [-0.39, 0.29) is 5.56 Å². The molecule has 0 aliphatic carbocycles. The first kappa shape index (κ1) is 19.8. The maximum Gasteiger partial charge on any atom is 0.422 e. The van der Waals surface area contributed by atoms with Gasteiger partial charge in [0, 0.05) is 5.56 Å². The van der Waals surface area contributed by atoms with Gasteiger partial charge in [-0.3, -0.25) is 0 Å². The van der Waals surface area contributed by atoms with E-state index in [2.05, 4.69) is 17.1 Å². The molecule has 2 aromatic carbocycles. The fraction of sp³-hybridized carbons (Fsp3) is 0.263. The Balaban J connectivity index is 2.05. The summed E-state index contributed by atoms with van der Waals surface area (Å²) in [6.07, 6.45) is 0.554. The van der Waals surface area contributed by atoms with Crippen LogP contribution in [-0.4, -0.2) is 12.4 Å². The highest BCUT2D eigenvalue weighted by molar-refractivity contribution is 5.82. The van der Waals surface area contributed by atoms with Gasteiger partial charge in [0.05, 0.1) is 12.4 Å². The van der Waals surface area contributed by atoms with Crippen LogP contribution in [0, 0.1) is 11.6 Å². The van der Waals surface area contributed by atoms with Gasteiger partial charge in [-0.05, 0) is 36.1 Å². The third-order valence-corrected chi connectivity index (χ3v) is 3.63. The molecule has 0 bridgehead atoms. The first-order valence-electron chi connectivity index (χ1n) is 8.03. The number of alkyl halides is 3. The predicted molar refractivity (Wildman–Crippen MR) is 91.6 cm³/mol. The van der Waals surface area contributed by atoms with E-state index < -0.39 is 23.4 Å². The van der Waals surface area contributed by atoms with Gasteiger partial charge in [0.2, 0.25) is 0 Å². The van der Waals surface area contributed by atoms with Crippen LogP contribution < -0.4 is 0 Å². The van der Waals surface area contributed by atoms with Crippen molar-refractivity contribution in [3.05, 3.63) is 70.3 Å². The zero-order valence-corrected chi connectivity index (χ0v) is 14.0. The molecule has 0 spiro atoms. The molecule has 0 N–H and O–H groups in total. The van der Waals surface area contributed by atoms with Gasteiger partial charge in [-0.25, -0.2) is 8.78 Å². The maximum atomic E-state index is 13.4. The van der Waals surface area contributed by atoms with Crippen molar-refractivity contribution in [1.29, 1.82) is 0 Å². The van der Waals surface area contributed by atoms with Crippen LogP contribution >= 0.6 is 0 Å². The van der Waals surface area contributed by atoms with Crippen molar-refractivity contribution in [2.45, 2.75) is 32.4 Å². The van der Waals surface area contributed by atoms with E-state index in [4.69, 9.17) is 0 Å². The Bertz CT molecular complexity index is 770. The van der Waals surface area contributed by atoms with Crippen LogP contribution in [0.1, 0.15) is 42.0 Å². The Hall–Kier alpha value is -2.57. The normalized spacial score (nSPS) is 12.4. The van der Waals surface area contributed by atoms with E-state index in [0.717, 1.165) is 31.0 Å². The average molecular weight is 368 g/mol. The molecule has 0 radical (unpaired) electrons. The summed E-state index contributed by atoms with van der Waals surface area (Å²) in [5.74, 6) is -3.38. The minimum Gasteiger partial charge on any atom is -0.206 e. The average Bonchev–Trinajstić information content (AvgIpc) is 2.56. The molecule has 0 fully saturated rings. The lowest BCUT2D eigenvalue weighted by Crippen LogP contribution is -2.11. The fourth-order valence-electron chi connectivity index (χ4n) is 2.29. The van der Waals surface area contributed by atoms with Crippen LogP contribution in [0.3, 0.4) is 0 Å². The monoisotopic (exact) mass is 368 g/mol. The highest BCUT2D eigenvalue weighted by Crippen LogP contribution is 2.33. The van der Waals surface area contributed by atoms with E-state index in [1.165, 1.54) is 11.8 Å². The summed E-state index contributed by atoms with van der Waals surface area (Å²) in [6.45, 7) is 2.12. The number of aryl methyl sites for hydroxylation is 1. The lowest BCUT2D eigenvalue weighted by molar-refractivity contribution is -0.142. The van der Waals surface area contributed by atoms with Crippen molar-refractivity contribution in [1.82, 2.24) is 0 Å². The van der Waals surface area contributed by atoms with Gasteiger partial charge in [-0.15, -0.1) is 0 Å². The number of nitrogens with zero attached hydrogens (tertiary/aromatic N) is 2. The number of hydrogen-bond acceptors (Lipinski definition) is 2. The quantitative estimate of drug-likeness (QED) is 0.351. The number of hydrogen-bond donors (Lipinski definition) is 0. The summed E-state index contributed by atoms with van der Waals surface area (Å²) < 4.78 is 64.4. The summed E-state index contributed by atoms with van der Waals surface area (Å²) in [5, 5.41) is 7.35. The van der Waals surface area contributed by atoms with Gasteiger partial charge in [-0.1, -0.05) is 37.6 Å². The molecule has 138 valence electrons. The second-order valence-corrected chi connectivity index (χ2v) is 5.69. The number of rotatable bonds is 6. The standard InChI is InChI=1S/C19H17F5N2/c1-2-3-4-13-5-7-14(8-6-13)11-25-26-12-15-9-16(20)18(17(21)10-15)19(22,23)24/h5-12H,2-4H2,1H3. The lowest BCUT2D eigenvalue weighted by atomic mass is 10.1. The molecule has 2 nitrogen and oxygen atoms in total. The topological polar surface area (TPSA) is 24.7 Å². The van der Waals surface area contributed by atoms with Gasteiger partial charge in [-0.2, -0.15) is 23.4 Å². The molecule has 0 saturated carbocycles. The van der Waals surface area contributed by atoms with Gasteiger partial charge in [0.25, 0.3) is 0 Å². The molecule has 0 heterocycles. The molecule has 0 saturated heterocycles. The van der Waals surface area contributed by atoms with Crippen molar-refractivity contribution in [3.8, 4) is 0 Å². The van der Waals surface area contributed by atoms with Crippen molar-refractivity contribution in [3.63, 3.8) is 0 Å². The fourth-order valence-corrected chi connectivity index (χ4v) is 2.29. The zero-order chi connectivity index (χ0) is 19.2. The SMILES string of the molecule is CCCCc1ccc(C=NN=Cc2cc(F)c(C(F)(F)F)c(F)c2)cc1. The molecule has 2 aromatic rings. The molecule has 0 aliphatic rings. The third-order valence-electron chi connectivity index (χ3n) is 3.63. The molecule has 2 rings (SSSR count). The Morgan fingerprint density at radius 2 is 1.42 bits per heavy atom. The minimum atomic E-state index is -5.09. The zero-order valence-electron chi connectivity index (χ0n) is 14.0. The maximum absolute atomic E-state index is 13.4. The number of halogens is 5. The van der Waals surface area contributed by atoms with Crippen LogP contribution in [-0.2, 0) is 12.6 Å². The smallest absolute Gasteiger partial charge is 0.206 e. The third kappa shape index (κ3) is 5.47. The van der Waals surface area contributed by atoms with Gasteiger partial charge < -0.3 is 0 Å². The van der Waals surface area contributed by atoms with E-state index in [9.17, 15) is 22.0 Å². The lowest BCUT2D eigenvalue weighted by Gasteiger charge is -2.09. The molecule has 0 aromatic heterocycles. The first-order valence-corrected chi connectivity index (χ1v) is 8.03. The van der Waals surface area contributed by atoms with Crippen LogP contribution in [0.4, 0.5) is 22.0 Å². The predicted octanol–water partition coefficient (Wildman–Crippen LogP) is 5.78. The molecule has 26 heavy (non-hydrogen) atoms. The van der Waals surface area contributed by atoms with Crippen molar-refractivity contribution >= 4 is 12.4 Å². The van der Waals surface area contributed by atoms with Crippen molar-refractivity contribution in [2.24, 2.45) is 10.2 Å². The highest BCUT2D eigenvalue weighted by atomic mass is 19.4.